The molecule has 1 fully saturated rings. The number of fused-ring (bicyclic) bond motifs is 1. The summed E-state index contributed by atoms with van der Waals surface area (Å²) in [6, 6.07) is 8.24. The van der Waals surface area contributed by atoms with Crippen LogP contribution >= 0.6 is 0 Å². The second-order valence-electron chi connectivity index (χ2n) is 20.6. The highest BCUT2D eigenvalue weighted by atomic mass is 32.2. The molecule has 4 N–H and O–H groups in total. The topological polar surface area (TPSA) is 286 Å². The molecule has 2 heterocycles. The van der Waals surface area contributed by atoms with Crippen molar-refractivity contribution in [1.29, 1.82) is 0 Å². The number of ketones is 1. The number of nitrogens with zero attached hydrogens (tertiary/aromatic N) is 2. The molecule has 1 saturated heterocycles. The Morgan fingerprint density at radius 1 is 0.833 bits per heavy atom. The van der Waals surface area contributed by atoms with Crippen LogP contribution in [0.25, 0.3) is 0 Å². The first-order chi connectivity index (χ1) is 33.1. The lowest BCUT2D eigenvalue weighted by Gasteiger charge is -2.35. The molecule has 5 rings (SSSR count). The number of hydrogen-bond donors (Lipinski definition) is 4. The molecular weight excluding hydrogens is 997 g/mol. The lowest BCUT2D eigenvalue weighted by molar-refractivity contribution is -0.525. The number of methoxy groups -OCH3 is 1. The summed E-state index contributed by atoms with van der Waals surface area (Å²) in [5.41, 5.74) is -0.987. The lowest BCUT2D eigenvalue weighted by atomic mass is 9.70. The van der Waals surface area contributed by atoms with Gasteiger partial charge in [-0.25, -0.2) is 4.79 Å². The van der Waals surface area contributed by atoms with Crippen LogP contribution in [0.1, 0.15) is 136 Å². The number of imide groups is 1. The van der Waals surface area contributed by atoms with Crippen molar-refractivity contribution in [2.45, 2.75) is 158 Å². The number of hydrogen-bond acceptors (Lipinski definition) is 14. The van der Waals surface area contributed by atoms with Gasteiger partial charge in [-0.05, 0) is 115 Å². The number of carbonyl (C=O) groups is 4. The van der Waals surface area contributed by atoms with Gasteiger partial charge in [0.25, 0.3) is 42.2 Å². The molecule has 19 nitrogen and oxygen atoms in total. The summed E-state index contributed by atoms with van der Waals surface area (Å²) in [6.07, 6.45) is 5.09. The number of amides is 2. The summed E-state index contributed by atoms with van der Waals surface area (Å²) in [4.78, 5) is 54.7. The van der Waals surface area contributed by atoms with Gasteiger partial charge in [0.15, 0.2) is 11.3 Å². The van der Waals surface area contributed by atoms with E-state index in [0.29, 0.717) is 70.8 Å². The molecule has 1 aliphatic carbocycles. The van der Waals surface area contributed by atoms with Gasteiger partial charge in [-0.15, -0.1) is 5.06 Å². The third-order valence-corrected chi connectivity index (χ3v) is 16.2. The first-order valence-corrected chi connectivity index (χ1v) is 28.1. The van der Waals surface area contributed by atoms with Crippen LogP contribution in [0, 0.1) is 0 Å². The second-order valence-corrected chi connectivity index (χ2v) is 25.0. The summed E-state index contributed by atoms with van der Waals surface area (Å²) in [5.74, 6) is -3.52. The van der Waals surface area contributed by atoms with Crippen molar-refractivity contribution in [2.75, 3.05) is 26.1 Å². The maximum absolute atomic E-state index is 14.4. The van der Waals surface area contributed by atoms with Gasteiger partial charge in [-0.2, -0.15) is 29.8 Å². The van der Waals surface area contributed by atoms with Crippen LogP contribution in [0.15, 0.2) is 80.8 Å². The van der Waals surface area contributed by atoms with Crippen LogP contribution < -0.4 is 0 Å². The summed E-state index contributed by atoms with van der Waals surface area (Å²) in [7, 11) is -12.4. The van der Waals surface area contributed by atoms with Crippen molar-refractivity contribution < 1.29 is 82.1 Å². The monoisotopic (exact) mass is 1060 g/mol. The first-order valence-electron chi connectivity index (χ1n) is 23.6. The average Bonchev–Trinajstić information content (AvgIpc) is 3.71. The second kappa shape index (κ2) is 21.9. The number of allylic oxidation sites excluding steroid dienone is 5. The summed E-state index contributed by atoms with van der Waals surface area (Å²) in [5, 5.41) is 12.4. The van der Waals surface area contributed by atoms with Gasteiger partial charge in [0, 0.05) is 76.4 Å². The number of carbonyl (C=O) groups excluding carboxylic acids is 4. The Hall–Kier alpha value is -4.94. The minimum atomic E-state index is -4.73. The zero-order valence-corrected chi connectivity index (χ0v) is 44.7. The zero-order chi connectivity index (χ0) is 54.0. The zero-order valence-electron chi connectivity index (χ0n) is 42.2. The Morgan fingerprint density at radius 3 is 2.01 bits per heavy atom. The molecule has 2 unspecified atom stereocenters. The van der Waals surface area contributed by atoms with Gasteiger partial charge in [0.1, 0.15) is 5.76 Å². The van der Waals surface area contributed by atoms with Crippen molar-refractivity contribution in [2.24, 2.45) is 0 Å². The van der Waals surface area contributed by atoms with Crippen molar-refractivity contribution in [3.63, 3.8) is 0 Å². The van der Waals surface area contributed by atoms with Crippen molar-refractivity contribution in [3.05, 3.63) is 87.7 Å². The summed E-state index contributed by atoms with van der Waals surface area (Å²) in [6.45, 7) is 15.2. The van der Waals surface area contributed by atoms with Crippen LogP contribution in [0.2, 0.25) is 0 Å². The van der Waals surface area contributed by atoms with Gasteiger partial charge < -0.3 is 19.4 Å². The van der Waals surface area contributed by atoms with E-state index < -0.39 is 92.3 Å². The molecule has 2 amide bonds. The average molecular weight is 1060 g/mol. The third-order valence-electron chi connectivity index (χ3n) is 13.7. The van der Waals surface area contributed by atoms with Crippen molar-refractivity contribution in [3.8, 4) is 0 Å². The fraction of sp³-hybridized carbons (Fsp3) is 0.540. The molecule has 3 aliphatic rings. The summed E-state index contributed by atoms with van der Waals surface area (Å²) < 4.78 is 118. The highest BCUT2D eigenvalue weighted by Crippen LogP contribution is 2.49. The molecular formula is C50H67N2O17S3+. The van der Waals surface area contributed by atoms with E-state index >= 15 is 0 Å². The van der Waals surface area contributed by atoms with E-state index in [4.69, 9.17) is 14.3 Å². The van der Waals surface area contributed by atoms with Crippen molar-refractivity contribution in [1.82, 2.24) is 5.06 Å². The predicted molar refractivity (Wildman–Crippen MR) is 265 cm³/mol. The number of rotatable bonds is 24. The largest absolute Gasteiger partial charge is 0.506 e. The van der Waals surface area contributed by atoms with Crippen LogP contribution in [0.5, 0.6) is 0 Å². The molecule has 0 radical (unpaired) electrons. The minimum absolute atomic E-state index is 0.00184. The first kappa shape index (κ1) is 58.0. The van der Waals surface area contributed by atoms with E-state index in [1.807, 2.05) is 46.1 Å². The highest BCUT2D eigenvalue weighted by molar-refractivity contribution is 7.86. The number of Topliss-reactive ketones (excluding diaryl/α,β-unsaturated/α-hetero) is 1. The fourth-order valence-electron chi connectivity index (χ4n) is 9.38. The number of aliphatic hydroxyl groups is 1. The molecule has 22 heteroatoms. The highest BCUT2D eigenvalue weighted by Gasteiger charge is 2.53. The molecule has 2 aliphatic heterocycles. The molecule has 0 bridgehead atoms. The third kappa shape index (κ3) is 13.4. The van der Waals surface area contributed by atoms with Gasteiger partial charge >= 0.3 is 5.97 Å². The van der Waals surface area contributed by atoms with Crippen LogP contribution in [-0.4, -0.2) is 120 Å². The van der Waals surface area contributed by atoms with Crippen LogP contribution in [0.3, 0.4) is 0 Å². The van der Waals surface area contributed by atoms with Gasteiger partial charge in [0.05, 0.1) is 44.3 Å². The van der Waals surface area contributed by atoms with E-state index in [2.05, 4.69) is 0 Å². The number of hydroxylamine groups is 2. The van der Waals surface area contributed by atoms with E-state index in [1.165, 1.54) is 49.6 Å². The number of unbranched alkanes of at least 4 members (excludes halogenated alkanes) is 2. The number of benzene rings is 2. The maximum atomic E-state index is 14.4. The van der Waals surface area contributed by atoms with E-state index in [-0.39, 0.29) is 67.8 Å². The van der Waals surface area contributed by atoms with Gasteiger partial charge in [-0.3, -0.25) is 28.0 Å². The number of ether oxygens (including phenoxy) is 2. The smallest absolute Gasteiger partial charge is 0.333 e. The Kier molecular flexibility index (Phi) is 17.6. The van der Waals surface area contributed by atoms with Crippen molar-refractivity contribution >= 4 is 65.3 Å². The van der Waals surface area contributed by atoms with Gasteiger partial charge in [0.2, 0.25) is 11.5 Å². The molecule has 0 saturated carbocycles. The molecule has 72 heavy (non-hydrogen) atoms. The van der Waals surface area contributed by atoms with E-state index in [0.717, 1.165) is 0 Å². The predicted octanol–water partition coefficient (Wildman–Crippen LogP) is 7.16. The number of aliphatic hydroxyl groups excluding tert-OH is 1. The molecule has 396 valence electrons. The van der Waals surface area contributed by atoms with Crippen LogP contribution in [-0.2, 0) is 81.1 Å². The van der Waals surface area contributed by atoms with E-state index in [9.17, 15) is 63.2 Å². The standard InChI is InChI=1S/C50H66N2O17S3/c1-32(49(7,24-25-67-9)38-29-34(71(61,62)63)17-16-33(38)14-11-10-12-15-44(55)69-52-42(53)20-21-43(52)54)28-36-45(56)37(46(36)57)31-41-50(8,22-13-27-70(58,59)60)39-30-35(72(64,65)66)18-19-40(39)51(41)48(5,6)23-26-68-47(2,3)4/h16-19,28-31H,10-15,20-27H2,1-9H3,(H3-,56,57,58,59,60,61,62,63,64,65,66)/p+1. The number of aryl methyl sites for hydroxylation is 1. The Morgan fingerprint density at radius 2 is 1.44 bits per heavy atom. The molecule has 2 aromatic carbocycles. The van der Waals surface area contributed by atoms with Crippen LogP contribution in [0.4, 0.5) is 5.69 Å². The molecule has 0 aromatic heterocycles. The maximum Gasteiger partial charge on any atom is 0.333 e. The Balaban J connectivity index is 1.58. The SMILES string of the molecule is COCCC(C)(C(C)=CC1=C(O)C(=CC2=[N+](C(C)(C)CCOC(C)(C)C)c3ccc(S(=O)(=O)O)cc3C2(C)CCCS(=O)(=O)O)C1=O)c1cc(S(=O)(=O)O)ccc1CCCCCC(=O)ON1C(=O)CCC1=O. The Bertz CT molecular complexity index is 2970. The normalized spacial score (nSPS) is 19.6. The lowest BCUT2D eigenvalue weighted by Crippen LogP contribution is -2.41. The van der Waals surface area contributed by atoms with Gasteiger partial charge in [-0.1, -0.05) is 25.0 Å². The fourth-order valence-corrected chi connectivity index (χ4v) is 10.9. The molecule has 2 atom stereocenters. The molecule has 2 aromatic rings. The minimum Gasteiger partial charge on any atom is -0.506 e. The molecule has 0 spiro atoms. The quantitative estimate of drug-likeness (QED) is 0.0267. The Labute approximate surface area is 422 Å². The summed E-state index contributed by atoms with van der Waals surface area (Å²) >= 11 is 0. The van der Waals surface area contributed by atoms with E-state index in [1.54, 1.807) is 19.9 Å².